The first-order valence-electron chi connectivity index (χ1n) is 8.25. The van der Waals surface area contributed by atoms with Crippen molar-refractivity contribution in [1.82, 2.24) is 4.90 Å². The van der Waals surface area contributed by atoms with Crippen LogP contribution in [-0.2, 0) is 4.79 Å². The van der Waals surface area contributed by atoms with Crippen LogP contribution >= 0.6 is 0 Å². The number of hydrogen-bond acceptors (Lipinski definition) is 3. The predicted octanol–water partition coefficient (Wildman–Crippen LogP) is 3.10. The number of nitrogens with one attached hydrogen (secondary N) is 1. The Kier molecular flexibility index (Phi) is 5.40. The van der Waals surface area contributed by atoms with Crippen molar-refractivity contribution >= 4 is 11.6 Å². The average molecular weight is 346 g/mol. The minimum absolute atomic E-state index is 0.161. The van der Waals surface area contributed by atoms with Gasteiger partial charge in [0, 0.05) is 36.8 Å². The third-order valence-corrected chi connectivity index (χ3v) is 4.38. The van der Waals surface area contributed by atoms with E-state index in [1.807, 2.05) is 23.1 Å². The van der Waals surface area contributed by atoms with E-state index in [0.717, 1.165) is 18.2 Å². The Morgan fingerprint density at radius 3 is 2.72 bits per heavy atom. The third-order valence-electron chi connectivity index (χ3n) is 4.38. The molecule has 1 saturated heterocycles. The number of aliphatic hydroxyl groups excluding tert-OH is 1. The van der Waals surface area contributed by atoms with Crippen molar-refractivity contribution in [3.63, 3.8) is 0 Å². The number of carbonyl (C=O) groups is 1. The highest BCUT2D eigenvalue weighted by molar-refractivity contribution is 5.90. The van der Waals surface area contributed by atoms with Gasteiger partial charge < -0.3 is 10.4 Å². The molecular weight excluding hydrogens is 326 g/mol. The van der Waals surface area contributed by atoms with Crippen LogP contribution in [0, 0.1) is 11.6 Å². The number of para-hydroxylation sites is 1. The van der Waals surface area contributed by atoms with Crippen LogP contribution in [0.25, 0.3) is 0 Å². The van der Waals surface area contributed by atoms with Gasteiger partial charge in [-0.25, -0.2) is 8.78 Å². The van der Waals surface area contributed by atoms with E-state index in [1.54, 1.807) is 12.1 Å². The van der Waals surface area contributed by atoms with E-state index in [2.05, 4.69) is 5.32 Å². The molecule has 0 radical (unpaired) electrons. The number of halogens is 2. The molecule has 4 nitrogen and oxygen atoms in total. The number of anilines is 1. The highest BCUT2D eigenvalue weighted by Gasteiger charge is 2.33. The van der Waals surface area contributed by atoms with Crippen molar-refractivity contribution in [3.05, 3.63) is 65.7 Å². The number of β-amino-alcohol motifs (C(OH)–C–C–N with tert-alkyl or cyclic N) is 1. The standard InChI is InChI=1S/C19H20F2N2O2/c20-13-6-7-17(21)16(10-13)18-11-15(24)12-23(18)9-8-19(25)22-14-4-2-1-3-5-14/h1-7,10,15,18,24H,8-9,11-12H2,(H,22,25). The maximum Gasteiger partial charge on any atom is 0.225 e. The smallest absolute Gasteiger partial charge is 0.225 e. The number of aliphatic hydroxyl groups is 1. The summed E-state index contributed by atoms with van der Waals surface area (Å²) < 4.78 is 27.5. The van der Waals surface area contributed by atoms with Crippen LogP contribution in [-0.4, -0.2) is 35.1 Å². The first-order valence-corrected chi connectivity index (χ1v) is 8.25. The van der Waals surface area contributed by atoms with Crippen molar-refractivity contribution in [1.29, 1.82) is 0 Å². The Balaban J connectivity index is 1.64. The van der Waals surface area contributed by atoms with Gasteiger partial charge in [0.15, 0.2) is 0 Å². The van der Waals surface area contributed by atoms with E-state index >= 15 is 0 Å². The summed E-state index contributed by atoms with van der Waals surface area (Å²) in [6.07, 6.45) is -0.0970. The molecular formula is C19H20F2N2O2. The van der Waals surface area contributed by atoms with Gasteiger partial charge in [0.2, 0.25) is 5.91 Å². The molecule has 1 fully saturated rings. The molecule has 6 heteroatoms. The average Bonchev–Trinajstić information content (AvgIpc) is 2.97. The maximum absolute atomic E-state index is 14.1. The largest absolute Gasteiger partial charge is 0.392 e. The zero-order chi connectivity index (χ0) is 17.8. The van der Waals surface area contributed by atoms with Crippen molar-refractivity contribution in [3.8, 4) is 0 Å². The van der Waals surface area contributed by atoms with Crippen molar-refractivity contribution in [2.75, 3.05) is 18.4 Å². The predicted molar refractivity (Wildman–Crippen MR) is 91.0 cm³/mol. The molecule has 2 atom stereocenters. The van der Waals surface area contributed by atoms with Crippen LogP contribution in [0.3, 0.4) is 0 Å². The number of hydrogen-bond donors (Lipinski definition) is 2. The minimum Gasteiger partial charge on any atom is -0.392 e. The summed E-state index contributed by atoms with van der Waals surface area (Å²) in [5.41, 5.74) is 0.932. The molecule has 2 aromatic carbocycles. The summed E-state index contributed by atoms with van der Waals surface area (Å²) in [7, 11) is 0. The number of amides is 1. The second kappa shape index (κ2) is 7.72. The van der Waals surface area contributed by atoms with Gasteiger partial charge in [0.25, 0.3) is 0 Å². The molecule has 2 aromatic rings. The Morgan fingerprint density at radius 2 is 1.96 bits per heavy atom. The second-order valence-electron chi connectivity index (χ2n) is 6.23. The SMILES string of the molecule is O=C(CCN1CC(O)CC1c1cc(F)ccc1F)Nc1ccccc1. The van der Waals surface area contributed by atoms with Gasteiger partial charge in [0.1, 0.15) is 11.6 Å². The molecule has 1 heterocycles. The monoisotopic (exact) mass is 346 g/mol. The molecule has 2 N–H and O–H groups in total. The molecule has 0 aromatic heterocycles. The third kappa shape index (κ3) is 4.41. The molecule has 1 aliphatic rings. The van der Waals surface area contributed by atoms with Gasteiger partial charge in [-0.05, 0) is 36.8 Å². The van der Waals surface area contributed by atoms with Gasteiger partial charge in [-0.1, -0.05) is 18.2 Å². The normalized spacial score (nSPS) is 20.6. The van der Waals surface area contributed by atoms with Crippen molar-refractivity contribution in [2.45, 2.75) is 25.0 Å². The number of carbonyl (C=O) groups excluding carboxylic acids is 1. The zero-order valence-electron chi connectivity index (χ0n) is 13.7. The van der Waals surface area contributed by atoms with Crippen LogP contribution in [0.2, 0.25) is 0 Å². The lowest BCUT2D eigenvalue weighted by molar-refractivity contribution is -0.116. The lowest BCUT2D eigenvalue weighted by Crippen LogP contribution is -2.29. The topological polar surface area (TPSA) is 52.6 Å². The Labute approximate surface area is 145 Å². The summed E-state index contributed by atoms with van der Waals surface area (Å²) in [5.74, 6) is -1.18. The molecule has 0 bridgehead atoms. The van der Waals surface area contributed by atoms with E-state index in [1.165, 1.54) is 0 Å². The van der Waals surface area contributed by atoms with E-state index < -0.39 is 23.8 Å². The van der Waals surface area contributed by atoms with Crippen molar-refractivity contribution < 1.29 is 18.7 Å². The van der Waals surface area contributed by atoms with Gasteiger partial charge in [0.05, 0.1) is 6.10 Å². The highest BCUT2D eigenvalue weighted by Crippen LogP contribution is 2.34. The molecule has 0 spiro atoms. The summed E-state index contributed by atoms with van der Waals surface area (Å²) in [6, 6.07) is 12.0. The second-order valence-corrected chi connectivity index (χ2v) is 6.23. The van der Waals surface area contributed by atoms with Crippen LogP contribution in [0.5, 0.6) is 0 Å². The first kappa shape index (κ1) is 17.5. The summed E-state index contributed by atoms with van der Waals surface area (Å²) in [6.45, 7) is 0.690. The molecule has 25 heavy (non-hydrogen) atoms. The lowest BCUT2D eigenvalue weighted by Gasteiger charge is -2.24. The summed E-state index contributed by atoms with van der Waals surface area (Å²) in [4.78, 5) is 13.9. The highest BCUT2D eigenvalue weighted by atomic mass is 19.1. The fourth-order valence-electron chi connectivity index (χ4n) is 3.21. The number of nitrogens with zero attached hydrogens (tertiary/aromatic N) is 1. The molecule has 3 rings (SSSR count). The Hall–Kier alpha value is -2.31. The maximum atomic E-state index is 14.1. The quantitative estimate of drug-likeness (QED) is 0.875. The molecule has 0 aliphatic carbocycles. The van der Waals surface area contributed by atoms with Crippen LogP contribution in [0.4, 0.5) is 14.5 Å². The van der Waals surface area contributed by atoms with E-state index in [-0.39, 0.29) is 17.9 Å². The van der Waals surface area contributed by atoms with Crippen LogP contribution in [0.1, 0.15) is 24.4 Å². The summed E-state index contributed by atoms with van der Waals surface area (Å²) >= 11 is 0. The van der Waals surface area contributed by atoms with Gasteiger partial charge >= 0.3 is 0 Å². The van der Waals surface area contributed by atoms with Gasteiger partial charge in [-0.3, -0.25) is 9.69 Å². The van der Waals surface area contributed by atoms with Crippen LogP contribution < -0.4 is 5.32 Å². The summed E-state index contributed by atoms with van der Waals surface area (Å²) in [5, 5.41) is 12.7. The lowest BCUT2D eigenvalue weighted by atomic mass is 10.0. The van der Waals surface area contributed by atoms with Gasteiger partial charge in [-0.15, -0.1) is 0 Å². The van der Waals surface area contributed by atoms with Gasteiger partial charge in [-0.2, -0.15) is 0 Å². The number of benzene rings is 2. The zero-order valence-corrected chi connectivity index (χ0v) is 13.7. The molecule has 2 unspecified atom stereocenters. The fourth-order valence-corrected chi connectivity index (χ4v) is 3.21. The van der Waals surface area contributed by atoms with E-state index in [4.69, 9.17) is 0 Å². The minimum atomic E-state index is -0.621. The Morgan fingerprint density at radius 1 is 1.20 bits per heavy atom. The first-order chi connectivity index (χ1) is 12.0. The fraction of sp³-hybridized carbons (Fsp3) is 0.316. The number of likely N-dealkylation sites (tertiary alicyclic amines) is 1. The Bertz CT molecular complexity index is 739. The van der Waals surface area contributed by atoms with Crippen molar-refractivity contribution in [2.24, 2.45) is 0 Å². The molecule has 1 aliphatic heterocycles. The van der Waals surface area contributed by atoms with E-state index in [0.29, 0.717) is 25.2 Å². The molecule has 1 amide bonds. The number of rotatable bonds is 5. The molecule has 0 saturated carbocycles. The van der Waals surface area contributed by atoms with Crippen LogP contribution in [0.15, 0.2) is 48.5 Å². The molecule has 132 valence electrons. The van der Waals surface area contributed by atoms with E-state index in [9.17, 15) is 18.7 Å².